The first-order valence-electron chi connectivity index (χ1n) is 4.22. The average molecular weight is 187 g/mol. The minimum absolute atomic E-state index is 0.248. The quantitative estimate of drug-likeness (QED) is 0.720. The monoisotopic (exact) mass is 187 g/mol. The number of nitrogens with zero attached hydrogens (tertiary/aromatic N) is 2. The van der Waals surface area contributed by atoms with E-state index in [9.17, 15) is 4.39 Å². The van der Waals surface area contributed by atoms with E-state index in [0.717, 1.165) is 11.3 Å². The van der Waals surface area contributed by atoms with Crippen LogP contribution in [0.1, 0.15) is 11.3 Å². The van der Waals surface area contributed by atoms with E-state index in [4.69, 9.17) is 0 Å². The van der Waals surface area contributed by atoms with Gasteiger partial charge in [-0.05, 0) is 29.8 Å². The van der Waals surface area contributed by atoms with Gasteiger partial charge in [0.1, 0.15) is 5.82 Å². The highest BCUT2D eigenvalue weighted by Gasteiger charge is 1.98. The molecule has 14 heavy (non-hydrogen) atoms. The van der Waals surface area contributed by atoms with Crippen LogP contribution in [0, 0.1) is 12.2 Å². The van der Waals surface area contributed by atoms with E-state index in [2.05, 4.69) is 10.2 Å². The Hall–Kier alpha value is -1.77. The summed E-state index contributed by atoms with van der Waals surface area (Å²) in [5.41, 5.74) is 1.50. The summed E-state index contributed by atoms with van der Waals surface area (Å²) in [4.78, 5) is 0. The zero-order valence-corrected chi connectivity index (χ0v) is 7.39. The van der Waals surface area contributed by atoms with Crippen molar-refractivity contribution >= 4 is 0 Å². The standard InChI is InChI=1S/C11H8FN2/c12-10-4-1-3-9(7-10)8-11-5-2-6-13-14-11/h1-8H. The second-order valence-corrected chi connectivity index (χ2v) is 2.85. The maximum atomic E-state index is 12.8. The van der Waals surface area contributed by atoms with E-state index < -0.39 is 0 Å². The molecule has 0 amide bonds. The van der Waals surface area contributed by atoms with Gasteiger partial charge in [0.2, 0.25) is 0 Å². The molecule has 69 valence electrons. The number of halogens is 1. The van der Waals surface area contributed by atoms with E-state index in [0.29, 0.717) is 0 Å². The molecule has 1 heterocycles. The molecular weight excluding hydrogens is 179 g/mol. The molecule has 0 aliphatic rings. The lowest BCUT2D eigenvalue weighted by molar-refractivity contribution is 0.627. The zero-order valence-electron chi connectivity index (χ0n) is 7.39. The summed E-state index contributed by atoms with van der Waals surface area (Å²) in [6.07, 6.45) is 3.37. The summed E-state index contributed by atoms with van der Waals surface area (Å²) < 4.78 is 12.8. The molecule has 0 spiro atoms. The molecule has 1 aromatic carbocycles. The predicted octanol–water partition coefficient (Wildman–Crippen LogP) is 2.22. The molecular formula is C11H8FN2. The molecule has 0 aliphatic heterocycles. The van der Waals surface area contributed by atoms with Crippen LogP contribution in [-0.2, 0) is 0 Å². The fourth-order valence-corrected chi connectivity index (χ4v) is 1.16. The van der Waals surface area contributed by atoms with Crippen molar-refractivity contribution in [3.05, 3.63) is 66.1 Å². The molecule has 1 aromatic heterocycles. The van der Waals surface area contributed by atoms with Crippen LogP contribution in [0.5, 0.6) is 0 Å². The highest BCUT2D eigenvalue weighted by atomic mass is 19.1. The molecule has 0 saturated heterocycles. The molecule has 2 nitrogen and oxygen atoms in total. The van der Waals surface area contributed by atoms with Crippen LogP contribution < -0.4 is 0 Å². The third-order valence-electron chi connectivity index (χ3n) is 1.76. The predicted molar refractivity (Wildman–Crippen MR) is 50.9 cm³/mol. The highest BCUT2D eigenvalue weighted by molar-refractivity contribution is 5.32. The van der Waals surface area contributed by atoms with Crippen molar-refractivity contribution < 1.29 is 4.39 Å². The smallest absolute Gasteiger partial charge is 0.123 e. The summed E-state index contributed by atoms with van der Waals surface area (Å²) in [5, 5.41) is 7.60. The van der Waals surface area contributed by atoms with E-state index >= 15 is 0 Å². The van der Waals surface area contributed by atoms with Crippen molar-refractivity contribution in [3.8, 4) is 0 Å². The van der Waals surface area contributed by atoms with Crippen LogP contribution in [0.4, 0.5) is 4.39 Å². The van der Waals surface area contributed by atoms with Gasteiger partial charge in [-0.15, -0.1) is 0 Å². The summed E-state index contributed by atoms with van der Waals surface area (Å²) in [5.74, 6) is -0.248. The van der Waals surface area contributed by atoms with Crippen LogP contribution in [0.3, 0.4) is 0 Å². The molecule has 0 atom stereocenters. The van der Waals surface area contributed by atoms with Gasteiger partial charge in [0.05, 0.1) is 5.69 Å². The molecule has 2 rings (SSSR count). The molecule has 2 aromatic rings. The van der Waals surface area contributed by atoms with Crippen molar-refractivity contribution in [3.63, 3.8) is 0 Å². The molecule has 3 heteroatoms. The minimum Gasteiger partial charge on any atom is -0.207 e. The largest absolute Gasteiger partial charge is 0.207 e. The van der Waals surface area contributed by atoms with E-state index in [1.807, 2.05) is 12.1 Å². The summed E-state index contributed by atoms with van der Waals surface area (Å²) in [7, 11) is 0. The first-order valence-corrected chi connectivity index (χ1v) is 4.22. The fraction of sp³-hybridized carbons (Fsp3) is 0. The Labute approximate surface area is 81.4 Å². The van der Waals surface area contributed by atoms with Crippen molar-refractivity contribution in [2.45, 2.75) is 0 Å². The van der Waals surface area contributed by atoms with Gasteiger partial charge in [0.15, 0.2) is 0 Å². The van der Waals surface area contributed by atoms with Gasteiger partial charge in [-0.2, -0.15) is 10.2 Å². The molecule has 0 saturated carbocycles. The summed E-state index contributed by atoms with van der Waals surface area (Å²) in [6, 6.07) is 9.95. The van der Waals surface area contributed by atoms with Gasteiger partial charge < -0.3 is 0 Å². The second kappa shape index (κ2) is 3.96. The second-order valence-electron chi connectivity index (χ2n) is 2.85. The lowest BCUT2D eigenvalue weighted by atomic mass is 10.1. The molecule has 0 aliphatic carbocycles. The van der Waals surface area contributed by atoms with Crippen molar-refractivity contribution in [2.24, 2.45) is 0 Å². The average Bonchev–Trinajstić information content (AvgIpc) is 2.19. The maximum Gasteiger partial charge on any atom is 0.123 e. The SMILES string of the molecule is Fc1cccc([CH]c2cccnn2)c1. The lowest BCUT2D eigenvalue weighted by Crippen LogP contribution is -1.91. The number of hydrogen-bond acceptors (Lipinski definition) is 2. The molecule has 0 fully saturated rings. The van der Waals surface area contributed by atoms with Crippen molar-refractivity contribution in [2.75, 3.05) is 0 Å². The normalized spacial score (nSPS) is 10.1. The van der Waals surface area contributed by atoms with Crippen LogP contribution in [0.15, 0.2) is 42.6 Å². The Kier molecular flexibility index (Phi) is 2.49. The summed E-state index contributed by atoms with van der Waals surface area (Å²) >= 11 is 0. The first kappa shape index (κ1) is 8.81. The first-order chi connectivity index (χ1) is 6.84. The Morgan fingerprint density at radius 3 is 2.79 bits per heavy atom. The van der Waals surface area contributed by atoms with E-state index in [1.165, 1.54) is 12.1 Å². The van der Waals surface area contributed by atoms with E-state index in [-0.39, 0.29) is 5.82 Å². The molecule has 0 N–H and O–H groups in total. The topological polar surface area (TPSA) is 25.8 Å². The van der Waals surface area contributed by atoms with Crippen LogP contribution in [-0.4, -0.2) is 10.2 Å². The molecule has 0 bridgehead atoms. The Morgan fingerprint density at radius 1 is 1.14 bits per heavy atom. The highest BCUT2D eigenvalue weighted by Crippen LogP contribution is 2.09. The Bertz CT molecular complexity index is 415. The number of hydrogen-bond donors (Lipinski definition) is 0. The number of benzene rings is 1. The van der Waals surface area contributed by atoms with Gasteiger partial charge in [0, 0.05) is 12.6 Å². The van der Waals surface area contributed by atoms with Gasteiger partial charge in [-0.1, -0.05) is 12.1 Å². The number of rotatable bonds is 2. The van der Waals surface area contributed by atoms with Gasteiger partial charge >= 0.3 is 0 Å². The minimum atomic E-state index is -0.248. The Morgan fingerprint density at radius 2 is 2.07 bits per heavy atom. The third-order valence-corrected chi connectivity index (χ3v) is 1.76. The van der Waals surface area contributed by atoms with Gasteiger partial charge in [-0.3, -0.25) is 0 Å². The summed E-state index contributed by atoms with van der Waals surface area (Å²) in [6.45, 7) is 0. The van der Waals surface area contributed by atoms with Crippen molar-refractivity contribution in [1.82, 2.24) is 10.2 Å². The third kappa shape index (κ3) is 2.13. The molecule has 0 unspecified atom stereocenters. The molecule has 1 radical (unpaired) electrons. The Balaban J connectivity index is 2.19. The maximum absolute atomic E-state index is 12.8. The lowest BCUT2D eigenvalue weighted by Gasteiger charge is -1.98. The van der Waals surface area contributed by atoms with Crippen LogP contribution >= 0.6 is 0 Å². The van der Waals surface area contributed by atoms with Gasteiger partial charge in [-0.25, -0.2) is 4.39 Å². The van der Waals surface area contributed by atoms with Gasteiger partial charge in [0.25, 0.3) is 0 Å². The van der Waals surface area contributed by atoms with Crippen LogP contribution in [0.2, 0.25) is 0 Å². The number of aromatic nitrogens is 2. The van der Waals surface area contributed by atoms with E-state index in [1.54, 1.807) is 24.8 Å². The zero-order chi connectivity index (χ0) is 9.80. The van der Waals surface area contributed by atoms with Crippen molar-refractivity contribution in [1.29, 1.82) is 0 Å². The van der Waals surface area contributed by atoms with Crippen LogP contribution in [0.25, 0.3) is 0 Å². The fourth-order valence-electron chi connectivity index (χ4n) is 1.16.